The van der Waals surface area contributed by atoms with E-state index in [1.165, 1.54) is 18.2 Å². The highest BCUT2D eigenvalue weighted by atomic mass is 35.5. The van der Waals surface area contributed by atoms with Crippen molar-refractivity contribution < 1.29 is 36.2 Å². The van der Waals surface area contributed by atoms with E-state index in [1.54, 1.807) is 0 Å². The molecule has 2 rings (SSSR count). The maximum absolute atomic E-state index is 13.0. The van der Waals surface area contributed by atoms with Crippen LogP contribution in [0.1, 0.15) is 16.8 Å². The fourth-order valence-corrected chi connectivity index (χ4v) is 2.48. The first-order chi connectivity index (χ1) is 13.8. The highest BCUT2D eigenvalue weighted by Gasteiger charge is 2.38. The number of rotatable bonds is 6. The van der Waals surface area contributed by atoms with Gasteiger partial charge < -0.3 is 15.7 Å². The summed E-state index contributed by atoms with van der Waals surface area (Å²) in [6, 6.07) is 9.81. The van der Waals surface area contributed by atoms with Crippen molar-refractivity contribution >= 4 is 23.4 Å². The summed E-state index contributed by atoms with van der Waals surface area (Å²) >= 11 is 5.68. The molecular formula is C18H18ClF6N3O2. The zero-order valence-electron chi connectivity index (χ0n) is 15.5. The van der Waals surface area contributed by atoms with Gasteiger partial charge in [-0.1, -0.05) is 29.8 Å². The summed E-state index contributed by atoms with van der Waals surface area (Å²) in [6.07, 6.45) is -9.54. The number of aryl methyl sites for hydroxylation is 1. The molecule has 5 nitrogen and oxygen atoms in total. The maximum Gasteiger partial charge on any atom is 0.490 e. The molecule has 0 saturated carbocycles. The Morgan fingerprint density at radius 2 is 1.67 bits per heavy atom. The van der Waals surface area contributed by atoms with Crippen molar-refractivity contribution in [3.63, 3.8) is 0 Å². The SMILES string of the molecule is Cc1cccc(NCCNCc2cccc(Cl)c2C(F)(F)F)n1.O=C(O)C(F)(F)F. The minimum atomic E-state index is -5.08. The van der Waals surface area contributed by atoms with Crippen molar-refractivity contribution in [1.82, 2.24) is 10.3 Å². The van der Waals surface area contributed by atoms with Gasteiger partial charge in [0.1, 0.15) is 5.82 Å². The third-order valence-corrected chi connectivity index (χ3v) is 3.75. The third kappa shape index (κ3) is 8.87. The number of carbonyl (C=O) groups is 1. The van der Waals surface area contributed by atoms with Gasteiger partial charge in [0.15, 0.2) is 0 Å². The molecule has 1 aromatic heterocycles. The number of nitrogens with zero attached hydrogens (tertiary/aromatic N) is 1. The maximum atomic E-state index is 13.0. The van der Waals surface area contributed by atoms with Gasteiger partial charge in [-0.3, -0.25) is 0 Å². The Morgan fingerprint density at radius 1 is 1.07 bits per heavy atom. The Hall–Kier alpha value is -2.53. The fourth-order valence-electron chi connectivity index (χ4n) is 2.18. The molecule has 0 atom stereocenters. The Labute approximate surface area is 173 Å². The molecule has 0 aliphatic rings. The van der Waals surface area contributed by atoms with E-state index in [4.69, 9.17) is 21.5 Å². The molecule has 166 valence electrons. The number of anilines is 1. The molecule has 0 unspecified atom stereocenters. The molecular weight excluding hydrogens is 440 g/mol. The van der Waals surface area contributed by atoms with Gasteiger partial charge in [0.25, 0.3) is 0 Å². The Morgan fingerprint density at radius 3 is 2.20 bits per heavy atom. The lowest BCUT2D eigenvalue weighted by Gasteiger charge is -2.15. The van der Waals surface area contributed by atoms with Crippen LogP contribution in [0.3, 0.4) is 0 Å². The van der Waals surface area contributed by atoms with Crippen LogP contribution in [0.25, 0.3) is 0 Å². The first-order valence-corrected chi connectivity index (χ1v) is 8.73. The van der Waals surface area contributed by atoms with Gasteiger partial charge in [-0.25, -0.2) is 9.78 Å². The van der Waals surface area contributed by atoms with E-state index in [0.29, 0.717) is 13.1 Å². The van der Waals surface area contributed by atoms with E-state index in [1.807, 2.05) is 25.1 Å². The highest BCUT2D eigenvalue weighted by molar-refractivity contribution is 6.31. The lowest BCUT2D eigenvalue weighted by molar-refractivity contribution is -0.192. The van der Waals surface area contributed by atoms with E-state index in [0.717, 1.165) is 11.5 Å². The van der Waals surface area contributed by atoms with Gasteiger partial charge in [-0.2, -0.15) is 26.3 Å². The molecule has 1 aromatic carbocycles. The van der Waals surface area contributed by atoms with Crippen molar-refractivity contribution in [3.8, 4) is 0 Å². The third-order valence-electron chi connectivity index (χ3n) is 3.44. The van der Waals surface area contributed by atoms with Gasteiger partial charge in [0.2, 0.25) is 0 Å². The highest BCUT2D eigenvalue weighted by Crippen LogP contribution is 2.37. The average molecular weight is 458 g/mol. The molecule has 3 N–H and O–H groups in total. The number of pyridine rings is 1. The van der Waals surface area contributed by atoms with Crippen LogP contribution in [0.2, 0.25) is 5.02 Å². The van der Waals surface area contributed by atoms with Gasteiger partial charge in [-0.15, -0.1) is 0 Å². The molecule has 0 radical (unpaired) electrons. The monoisotopic (exact) mass is 457 g/mol. The van der Waals surface area contributed by atoms with Crippen LogP contribution in [-0.4, -0.2) is 35.3 Å². The number of carboxylic acid groups (broad SMARTS) is 1. The lowest BCUT2D eigenvalue weighted by atomic mass is 10.1. The van der Waals surface area contributed by atoms with Crippen LogP contribution in [0.15, 0.2) is 36.4 Å². The number of benzene rings is 1. The van der Waals surface area contributed by atoms with Gasteiger partial charge in [0.05, 0.1) is 10.6 Å². The van der Waals surface area contributed by atoms with Crippen molar-refractivity contribution in [2.75, 3.05) is 18.4 Å². The second kappa shape index (κ2) is 11.0. The smallest absolute Gasteiger partial charge is 0.475 e. The zero-order valence-corrected chi connectivity index (χ0v) is 16.3. The summed E-state index contributed by atoms with van der Waals surface area (Å²) in [5.74, 6) is -2.02. The average Bonchev–Trinajstić information content (AvgIpc) is 2.60. The molecule has 0 aliphatic heterocycles. The van der Waals surface area contributed by atoms with Gasteiger partial charge in [-0.05, 0) is 30.7 Å². The van der Waals surface area contributed by atoms with Crippen LogP contribution < -0.4 is 10.6 Å². The summed E-state index contributed by atoms with van der Waals surface area (Å²) in [5, 5.41) is 12.9. The first kappa shape index (κ1) is 25.5. The molecule has 1 heterocycles. The first-order valence-electron chi connectivity index (χ1n) is 8.35. The number of nitrogens with one attached hydrogen (secondary N) is 2. The number of hydrogen-bond acceptors (Lipinski definition) is 4. The normalized spacial score (nSPS) is 11.5. The molecule has 2 aromatic rings. The number of alkyl halides is 6. The molecule has 30 heavy (non-hydrogen) atoms. The van der Waals surface area contributed by atoms with Gasteiger partial charge >= 0.3 is 18.3 Å². The summed E-state index contributed by atoms with van der Waals surface area (Å²) in [7, 11) is 0. The number of hydrogen-bond donors (Lipinski definition) is 3. The van der Waals surface area contributed by atoms with E-state index >= 15 is 0 Å². The number of carboxylic acids is 1. The summed E-state index contributed by atoms with van der Waals surface area (Å²) in [5.41, 5.74) is 0.262. The Balaban J connectivity index is 0.000000553. The summed E-state index contributed by atoms with van der Waals surface area (Å²) in [4.78, 5) is 13.2. The lowest BCUT2D eigenvalue weighted by Crippen LogP contribution is -2.23. The van der Waals surface area contributed by atoms with E-state index < -0.39 is 23.9 Å². The van der Waals surface area contributed by atoms with Crippen molar-refractivity contribution in [1.29, 1.82) is 0 Å². The van der Waals surface area contributed by atoms with Crippen LogP contribution in [0.5, 0.6) is 0 Å². The molecule has 0 aliphatic carbocycles. The van der Waals surface area contributed by atoms with E-state index in [2.05, 4.69) is 15.6 Å². The largest absolute Gasteiger partial charge is 0.490 e. The topological polar surface area (TPSA) is 74.2 Å². The minimum absolute atomic E-state index is 0.0956. The molecule has 0 saturated heterocycles. The molecule has 0 fully saturated rings. The second-order valence-corrected chi connectivity index (χ2v) is 6.25. The van der Waals surface area contributed by atoms with Crippen LogP contribution in [-0.2, 0) is 17.5 Å². The Bertz CT molecular complexity index is 843. The summed E-state index contributed by atoms with van der Waals surface area (Å²) < 4.78 is 70.8. The number of halogens is 7. The minimum Gasteiger partial charge on any atom is -0.475 e. The predicted molar refractivity (Wildman–Crippen MR) is 99.3 cm³/mol. The van der Waals surface area contributed by atoms with E-state index in [9.17, 15) is 26.3 Å². The van der Waals surface area contributed by atoms with E-state index in [-0.39, 0.29) is 17.1 Å². The predicted octanol–water partition coefficient (Wildman–Crippen LogP) is 4.90. The molecule has 0 spiro atoms. The molecule has 12 heteroatoms. The van der Waals surface area contributed by atoms with Crippen molar-refractivity contribution in [2.45, 2.75) is 25.8 Å². The quantitative estimate of drug-likeness (QED) is 0.425. The second-order valence-electron chi connectivity index (χ2n) is 5.84. The van der Waals surface area contributed by atoms with Gasteiger partial charge in [0, 0.05) is 25.3 Å². The van der Waals surface area contributed by atoms with Crippen LogP contribution in [0.4, 0.5) is 32.2 Å². The summed E-state index contributed by atoms with van der Waals surface area (Å²) in [6.45, 7) is 3.04. The number of aromatic nitrogens is 1. The van der Waals surface area contributed by atoms with Crippen LogP contribution >= 0.6 is 11.6 Å². The van der Waals surface area contributed by atoms with Crippen LogP contribution in [0, 0.1) is 6.92 Å². The standard InChI is InChI=1S/C16H17ClF3N3.C2HF3O2/c1-11-4-2-7-14(23-11)22-9-8-21-10-12-5-3-6-13(17)15(12)16(18,19)20;3-2(4,5)1(6)7/h2-7,21H,8-10H2,1H3,(H,22,23);(H,6,7). The van der Waals surface area contributed by atoms with Crippen molar-refractivity contribution in [3.05, 3.63) is 58.2 Å². The zero-order chi connectivity index (χ0) is 22.9. The van der Waals surface area contributed by atoms with Crippen molar-refractivity contribution in [2.24, 2.45) is 0 Å². The number of aliphatic carboxylic acids is 1. The fraction of sp³-hybridized carbons (Fsp3) is 0.333. The molecule has 0 bridgehead atoms. The Kier molecular flexibility index (Phi) is 9.37. The molecule has 0 amide bonds.